The third-order valence-corrected chi connectivity index (χ3v) is 11.6. The number of aromatic hydroxyl groups is 1. The Bertz CT molecular complexity index is 2350. The van der Waals surface area contributed by atoms with Crippen molar-refractivity contribution in [3.8, 4) is 11.5 Å². The molecule has 0 unspecified atom stereocenters. The molecule has 9 rings (SSSR count). The SMILES string of the molecule is COc1ccc(O)c([C@H]2C3=CC[C@@H]4C(=O)N(c5ccc(Nc6ccccc6)cc5)C(=O)[C@@H]4[C@@H]3C[C@H]3C(=O)N(c4ccc(Nc5ccccc5)cc4)C(=O)[C@@H]23)c1. The molecule has 10 nitrogen and oxygen atoms in total. The molecule has 0 aromatic heterocycles. The van der Waals surface area contributed by atoms with E-state index in [1.807, 2.05) is 91.0 Å². The van der Waals surface area contributed by atoms with Gasteiger partial charge in [0.15, 0.2) is 0 Å². The number of anilines is 6. The van der Waals surface area contributed by atoms with E-state index in [0.29, 0.717) is 29.1 Å². The molecular formula is C45H38N4O6. The number of phenolic OH excluding ortho intramolecular Hbond substituents is 1. The highest BCUT2D eigenvalue weighted by atomic mass is 16.5. The lowest BCUT2D eigenvalue weighted by molar-refractivity contribution is -0.126. The molecule has 274 valence electrons. The van der Waals surface area contributed by atoms with E-state index in [1.54, 1.807) is 36.4 Å². The minimum absolute atomic E-state index is 0.0390. The second-order valence-electron chi connectivity index (χ2n) is 14.5. The Morgan fingerprint density at radius 2 is 1.09 bits per heavy atom. The number of para-hydroxylation sites is 2. The number of rotatable bonds is 8. The molecule has 55 heavy (non-hydrogen) atoms. The molecule has 2 heterocycles. The predicted octanol–water partition coefficient (Wildman–Crippen LogP) is 7.93. The Kier molecular flexibility index (Phi) is 8.45. The fourth-order valence-corrected chi connectivity index (χ4v) is 9.12. The van der Waals surface area contributed by atoms with Crippen LogP contribution < -0.4 is 25.2 Å². The molecular weight excluding hydrogens is 693 g/mol. The summed E-state index contributed by atoms with van der Waals surface area (Å²) in [5, 5.41) is 18.0. The summed E-state index contributed by atoms with van der Waals surface area (Å²) >= 11 is 0. The maximum absolute atomic E-state index is 14.6. The first kappa shape index (κ1) is 34.1. The van der Waals surface area contributed by atoms with Crippen molar-refractivity contribution in [3.05, 3.63) is 145 Å². The van der Waals surface area contributed by atoms with Gasteiger partial charge in [-0.15, -0.1) is 0 Å². The zero-order valence-electron chi connectivity index (χ0n) is 30.0. The molecule has 2 saturated heterocycles. The van der Waals surface area contributed by atoms with Crippen molar-refractivity contribution in [2.24, 2.45) is 29.6 Å². The van der Waals surface area contributed by atoms with Gasteiger partial charge in [-0.1, -0.05) is 48.0 Å². The number of amides is 4. The minimum Gasteiger partial charge on any atom is -0.508 e. The van der Waals surface area contributed by atoms with Crippen LogP contribution in [-0.4, -0.2) is 35.8 Å². The number of ether oxygens (including phenoxy) is 1. The number of nitrogens with one attached hydrogen (secondary N) is 2. The summed E-state index contributed by atoms with van der Waals surface area (Å²) in [5.74, 6) is -5.08. The van der Waals surface area contributed by atoms with Gasteiger partial charge in [0.1, 0.15) is 11.5 Å². The normalized spacial score (nSPS) is 24.2. The van der Waals surface area contributed by atoms with Crippen LogP contribution in [0.25, 0.3) is 0 Å². The van der Waals surface area contributed by atoms with E-state index < -0.39 is 35.5 Å². The first-order valence-corrected chi connectivity index (χ1v) is 18.5. The number of hydrogen-bond donors (Lipinski definition) is 3. The largest absolute Gasteiger partial charge is 0.508 e. The van der Waals surface area contributed by atoms with E-state index in [0.717, 1.165) is 28.3 Å². The van der Waals surface area contributed by atoms with Crippen LogP contribution in [0, 0.1) is 29.6 Å². The van der Waals surface area contributed by atoms with Gasteiger partial charge in [-0.25, -0.2) is 0 Å². The number of hydrogen-bond acceptors (Lipinski definition) is 8. The standard InChI is InChI=1S/C45H38N4O6/c1-55-32-20-23-38(50)36(24-32)39-33-21-22-34-40(44(53)48(42(34)51)30-16-12-28(13-17-30)46-26-8-4-2-5-9-26)35(33)25-37-41(39)45(54)49(43(37)52)31-18-14-29(15-19-31)47-27-10-6-3-7-11-27/h2-21,23-24,34-35,37,39-41,46-47,50H,22,25H2,1H3/t34-,35+,37+,39+,40-,41+/m0/s1. The first-order chi connectivity index (χ1) is 26.8. The number of allylic oxidation sites excluding steroid dienone is 2. The van der Waals surface area contributed by atoms with Crippen molar-refractivity contribution in [1.29, 1.82) is 0 Å². The van der Waals surface area contributed by atoms with Crippen molar-refractivity contribution >= 4 is 57.8 Å². The molecule has 6 atom stereocenters. The fourth-order valence-electron chi connectivity index (χ4n) is 9.12. The Morgan fingerprint density at radius 1 is 0.582 bits per heavy atom. The molecule has 4 aliphatic rings. The molecule has 2 aliphatic carbocycles. The second-order valence-corrected chi connectivity index (χ2v) is 14.5. The fraction of sp³-hybridized carbons (Fsp3) is 0.200. The van der Waals surface area contributed by atoms with Crippen LogP contribution in [0.1, 0.15) is 24.3 Å². The average Bonchev–Trinajstić information content (AvgIpc) is 3.62. The topological polar surface area (TPSA) is 128 Å². The van der Waals surface area contributed by atoms with Crippen LogP contribution in [-0.2, 0) is 19.2 Å². The number of phenols is 1. The van der Waals surface area contributed by atoms with Gasteiger partial charge in [-0.2, -0.15) is 0 Å². The minimum atomic E-state index is -0.834. The van der Waals surface area contributed by atoms with Gasteiger partial charge in [0.2, 0.25) is 23.6 Å². The van der Waals surface area contributed by atoms with E-state index in [4.69, 9.17) is 4.74 Å². The van der Waals surface area contributed by atoms with Crippen molar-refractivity contribution < 1.29 is 29.0 Å². The highest BCUT2D eigenvalue weighted by molar-refractivity contribution is 6.24. The highest BCUT2D eigenvalue weighted by Gasteiger charge is 2.62. The second kappa shape index (κ2) is 13.6. The van der Waals surface area contributed by atoms with Crippen molar-refractivity contribution in [2.45, 2.75) is 18.8 Å². The van der Waals surface area contributed by atoms with Gasteiger partial charge in [-0.05, 0) is 110 Å². The highest BCUT2D eigenvalue weighted by Crippen LogP contribution is 2.59. The molecule has 0 spiro atoms. The molecule has 5 aromatic rings. The lowest BCUT2D eigenvalue weighted by Gasteiger charge is -2.44. The Hall–Kier alpha value is -6.68. The first-order valence-electron chi connectivity index (χ1n) is 18.5. The summed E-state index contributed by atoms with van der Waals surface area (Å²) in [4.78, 5) is 60.2. The van der Waals surface area contributed by atoms with Crippen LogP contribution in [0.5, 0.6) is 11.5 Å². The summed E-state index contributed by atoms with van der Waals surface area (Å²) in [6, 6.07) is 38.6. The number of fused-ring (bicyclic) bond motifs is 4. The number of benzene rings is 5. The Morgan fingerprint density at radius 3 is 1.64 bits per heavy atom. The van der Waals surface area contributed by atoms with Gasteiger partial charge in [0.25, 0.3) is 0 Å². The van der Waals surface area contributed by atoms with Gasteiger partial charge >= 0.3 is 0 Å². The van der Waals surface area contributed by atoms with Crippen molar-refractivity contribution in [3.63, 3.8) is 0 Å². The Balaban J connectivity index is 1.05. The third kappa shape index (κ3) is 5.81. The van der Waals surface area contributed by atoms with Crippen molar-refractivity contribution in [1.82, 2.24) is 0 Å². The molecule has 2 aliphatic heterocycles. The predicted molar refractivity (Wildman–Crippen MR) is 209 cm³/mol. The van der Waals surface area contributed by atoms with Crippen LogP contribution in [0.3, 0.4) is 0 Å². The number of nitrogens with zero attached hydrogens (tertiary/aromatic N) is 2. The molecule has 0 bridgehead atoms. The van der Waals surface area contributed by atoms with Crippen LogP contribution in [0.15, 0.2) is 139 Å². The zero-order valence-corrected chi connectivity index (χ0v) is 30.0. The monoisotopic (exact) mass is 730 g/mol. The zero-order chi connectivity index (χ0) is 37.8. The van der Waals surface area contributed by atoms with E-state index in [-0.39, 0.29) is 35.8 Å². The summed E-state index contributed by atoms with van der Waals surface area (Å²) in [6.45, 7) is 0. The third-order valence-electron chi connectivity index (χ3n) is 11.6. The maximum Gasteiger partial charge on any atom is 0.238 e. The van der Waals surface area contributed by atoms with Crippen LogP contribution in [0.2, 0.25) is 0 Å². The molecule has 1 saturated carbocycles. The summed E-state index contributed by atoms with van der Waals surface area (Å²) in [6.07, 6.45) is 2.49. The molecule has 3 fully saturated rings. The smallest absolute Gasteiger partial charge is 0.238 e. The van der Waals surface area contributed by atoms with Gasteiger partial charge in [0, 0.05) is 34.2 Å². The quantitative estimate of drug-likeness (QED) is 0.109. The lowest BCUT2D eigenvalue weighted by atomic mass is 9.57. The van der Waals surface area contributed by atoms with Crippen molar-refractivity contribution in [2.75, 3.05) is 27.5 Å². The maximum atomic E-state index is 14.6. The molecule has 3 N–H and O–H groups in total. The van der Waals surface area contributed by atoms with Gasteiger partial charge in [-0.3, -0.25) is 29.0 Å². The average molecular weight is 731 g/mol. The molecule has 10 heteroatoms. The summed E-state index contributed by atoms with van der Waals surface area (Å²) < 4.78 is 5.54. The Labute approximate surface area is 318 Å². The van der Waals surface area contributed by atoms with Crippen LogP contribution in [0.4, 0.5) is 34.1 Å². The lowest BCUT2D eigenvalue weighted by Crippen LogP contribution is -2.43. The molecule has 5 aromatic carbocycles. The van der Waals surface area contributed by atoms with E-state index in [2.05, 4.69) is 10.6 Å². The van der Waals surface area contributed by atoms with Gasteiger partial charge in [0.05, 0.1) is 42.2 Å². The number of methoxy groups -OCH3 is 1. The molecule has 4 amide bonds. The number of carbonyl (C=O) groups excluding carboxylic acids is 4. The molecule has 0 radical (unpaired) electrons. The van der Waals surface area contributed by atoms with E-state index in [9.17, 15) is 24.3 Å². The summed E-state index contributed by atoms with van der Waals surface area (Å²) in [5.41, 5.74) is 5.58. The number of imide groups is 2. The van der Waals surface area contributed by atoms with E-state index >= 15 is 0 Å². The van der Waals surface area contributed by atoms with Gasteiger partial charge < -0.3 is 20.5 Å². The number of carbonyl (C=O) groups is 4. The summed E-state index contributed by atoms with van der Waals surface area (Å²) in [7, 11) is 1.52. The van der Waals surface area contributed by atoms with E-state index in [1.165, 1.54) is 23.0 Å². The van der Waals surface area contributed by atoms with Crippen LogP contribution >= 0.6 is 0 Å².